The highest BCUT2D eigenvalue weighted by Crippen LogP contribution is 2.15. The van der Waals surface area contributed by atoms with E-state index < -0.39 is 18.1 Å². The quantitative estimate of drug-likeness (QED) is 0.625. The van der Waals surface area contributed by atoms with Crippen LogP contribution in [-0.4, -0.2) is 27.2 Å². The van der Waals surface area contributed by atoms with Gasteiger partial charge in [-0.25, -0.2) is 0 Å². The van der Waals surface area contributed by atoms with Gasteiger partial charge in [-0.05, 0) is 6.07 Å². The van der Waals surface area contributed by atoms with Gasteiger partial charge < -0.3 is 15.9 Å². The molecule has 76 valence electrons. The number of aliphatic hydroxyl groups is 1. The molecule has 1 heterocycles. The molecule has 0 bridgehead atoms. The van der Waals surface area contributed by atoms with Crippen molar-refractivity contribution < 1.29 is 15.0 Å². The van der Waals surface area contributed by atoms with Gasteiger partial charge in [-0.1, -0.05) is 6.07 Å². The number of nitrogens with zero attached hydrogens (tertiary/aromatic N) is 1. The molecule has 2 atom stereocenters. The van der Waals surface area contributed by atoms with E-state index in [4.69, 9.17) is 10.8 Å². The molecule has 0 fully saturated rings. The van der Waals surface area contributed by atoms with E-state index >= 15 is 0 Å². The SMILES string of the molecule is NC(CC(=O)O)C(O)c1cccnc1. The number of hydrogen-bond acceptors (Lipinski definition) is 4. The number of aliphatic hydroxyl groups excluding tert-OH is 1. The first kappa shape index (κ1) is 10.6. The number of carboxylic acids is 1. The molecular weight excluding hydrogens is 184 g/mol. The molecule has 2 unspecified atom stereocenters. The Morgan fingerprint density at radius 1 is 1.64 bits per heavy atom. The molecule has 0 aliphatic carbocycles. The summed E-state index contributed by atoms with van der Waals surface area (Å²) in [5.74, 6) is -1.03. The second kappa shape index (κ2) is 4.69. The number of aromatic nitrogens is 1. The molecular formula is C9H12N2O3. The van der Waals surface area contributed by atoms with Gasteiger partial charge in [0.2, 0.25) is 0 Å². The summed E-state index contributed by atoms with van der Waals surface area (Å²) in [6.45, 7) is 0. The summed E-state index contributed by atoms with van der Waals surface area (Å²) in [6, 6.07) is 2.50. The number of nitrogens with two attached hydrogens (primary N) is 1. The number of carboxylic acid groups (broad SMARTS) is 1. The lowest BCUT2D eigenvalue weighted by atomic mass is 10.0. The van der Waals surface area contributed by atoms with E-state index in [9.17, 15) is 9.90 Å². The van der Waals surface area contributed by atoms with E-state index in [1.54, 1.807) is 18.3 Å². The molecule has 4 N–H and O–H groups in total. The van der Waals surface area contributed by atoms with E-state index in [1.807, 2.05) is 0 Å². The lowest BCUT2D eigenvalue weighted by molar-refractivity contribution is -0.138. The summed E-state index contributed by atoms with van der Waals surface area (Å²) in [5.41, 5.74) is 6.02. The van der Waals surface area contributed by atoms with Crippen LogP contribution < -0.4 is 5.73 Å². The average Bonchev–Trinajstić information content (AvgIpc) is 2.17. The molecule has 0 saturated carbocycles. The Hall–Kier alpha value is -1.46. The van der Waals surface area contributed by atoms with Crippen molar-refractivity contribution in [3.8, 4) is 0 Å². The number of rotatable bonds is 4. The van der Waals surface area contributed by atoms with Crippen molar-refractivity contribution in [2.45, 2.75) is 18.6 Å². The van der Waals surface area contributed by atoms with Gasteiger partial charge in [-0.2, -0.15) is 0 Å². The predicted octanol–water partition coefficient (Wildman–Crippen LogP) is -0.0830. The summed E-state index contributed by atoms with van der Waals surface area (Å²) >= 11 is 0. The standard InChI is InChI=1S/C9H12N2O3/c10-7(4-8(12)13)9(14)6-2-1-3-11-5-6/h1-3,5,7,9,14H,4,10H2,(H,12,13). The number of carbonyl (C=O) groups is 1. The van der Waals surface area contributed by atoms with Crippen LogP contribution in [0.1, 0.15) is 18.1 Å². The van der Waals surface area contributed by atoms with Crippen LogP contribution in [0.4, 0.5) is 0 Å². The zero-order valence-corrected chi connectivity index (χ0v) is 7.50. The molecule has 0 aromatic carbocycles. The molecule has 5 heteroatoms. The maximum Gasteiger partial charge on any atom is 0.305 e. The molecule has 1 aromatic rings. The van der Waals surface area contributed by atoms with Gasteiger partial charge in [-0.3, -0.25) is 9.78 Å². The molecule has 0 aliphatic rings. The first-order valence-electron chi connectivity index (χ1n) is 4.16. The van der Waals surface area contributed by atoms with Crippen molar-refractivity contribution in [3.63, 3.8) is 0 Å². The molecule has 0 amide bonds. The molecule has 0 spiro atoms. The number of hydrogen-bond donors (Lipinski definition) is 3. The fourth-order valence-electron chi connectivity index (χ4n) is 1.11. The topological polar surface area (TPSA) is 96.4 Å². The largest absolute Gasteiger partial charge is 0.481 e. The molecule has 0 radical (unpaired) electrons. The van der Waals surface area contributed by atoms with Crippen molar-refractivity contribution in [2.24, 2.45) is 5.73 Å². The van der Waals surface area contributed by atoms with Gasteiger partial charge >= 0.3 is 5.97 Å². The van der Waals surface area contributed by atoms with Gasteiger partial charge in [0.15, 0.2) is 0 Å². The molecule has 5 nitrogen and oxygen atoms in total. The van der Waals surface area contributed by atoms with Crippen molar-refractivity contribution in [1.29, 1.82) is 0 Å². The molecule has 1 rings (SSSR count). The lowest BCUT2D eigenvalue weighted by Crippen LogP contribution is -2.30. The van der Waals surface area contributed by atoms with E-state index in [-0.39, 0.29) is 6.42 Å². The van der Waals surface area contributed by atoms with Gasteiger partial charge in [0.1, 0.15) is 0 Å². The predicted molar refractivity (Wildman–Crippen MR) is 49.4 cm³/mol. The zero-order valence-electron chi connectivity index (χ0n) is 7.50. The van der Waals surface area contributed by atoms with Crippen LogP contribution in [0, 0.1) is 0 Å². The van der Waals surface area contributed by atoms with Crippen LogP contribution in [0.25, 0.3) is 0 Å². The molecule has 0 saturated heterocycles. The fraction of sp³-hybridized carbons (Fsp3) is 0.333. The van der Waals surface area contributed by atoms with Crippen LogP contribution in [0.2, 0.25) is 0 Å². The van der Waals surface area contributed by atoms with Gasteiger partial charge in [0.25, 0.3) is 0 Å². The third-order valence-electron chi connectivity index (χ3n) is 1.84. The lowest BCUT2D eigenvalue weighted by Gasteiger charge is -2.16. The van der Waals surface area contributed by atoms with Crippen molar-refractivity contribution in [1.82, 2.24) is 4.98 Å². The minimum Gasteiger partial charge on any atom is -0.481 e. The first-order valence-corrected chi connectivity index (χ1v) is 4.16. The molecule has 0 aliphatic heterocycles. The second-order valence-corrected chi connectivity index (χ2v) is 2.99. The van der Waals surface area contributed by atoms with Crippen LogP contribution in [0.15, 0.2) is 24.5 Å². The van der Waals surface area contributed by atoms with Gasteiger partial charge in [0, 0.05) is 24.0 Å². The highest BCUT2D eigenvalue weighted by atomic mass is 16.4. The second-order valence-electron chi connectivity index (χ2n) is 2.99. The zero-order chi connectivity index (χ0) is 10.6. The fourth-order valence-corrected chi connectivity index (χ4v) is 1.11. The summed E-state index contributed by atoms with van der Waals surface area (Å²) in [7, 11) is 0. The third kappa shape index (κ3) is 2.79. The Labute approximate surface area is 81.2 Å². The van der Waals surface area contributed by atoms with E-state index in [1.165, 1.54) is 6.20 Å². The Morgan fingerprint density at radius 3 is 2.86 bits per heavy atom. The number of pyridine rings is 1. The van der Waals surface area contributed by atoms with E-state index in [2.05, 4.69) is 4.98 Å². The minimum absolute atomic E-state index is 0.268. The summed E-state index contributed by atoms with van der Waals surface area (Å²) < 4.78 is 0. The van der Waals surface area contributed by atoms with Gasteiger partial charge in [0.05, 0.1) is 12.5 Å². The van der Waals surface area contributed by atoms with Crippen molar-refractivity contribution in [3.05, 3.63) is 30.1 Å². The van der Waals surface area contributed by atoms with Crippen LogP contribution in [-0.2, 0) is 4.79 Å². The minimum atomic E-state index is -1.03. The van der Waals surface area contributed by atoms with Crippen LogP contribution in [0.3, 0.4) is 0 Å². The monoisotopic (exact) mass is 196 g/mol. The third-order valence-corrected chi connectivity index (χ3v) is 1.84. The molecule has 1 aromatic heterocycles. The van der Waals surface area contributed by atoms with E-state index in [0.29, 0.717) is 5.56 Å². The molecule has 14 heavy (non-hydrogen) atoms. The first-order chi connectivity index (χ1) is 6.61. The number of aliphatic carboxylic acids is 1. The maximum atomic E-state index is 10.3. The normalized spacial score (nSPS) is 14.7. The van der Waals surface area contributed by atoms with E-state index in [0.717, 1.165) is 0 Å². The van der Waals surface area contributed by atoms with Crippen molar-refractivity contribution in [2.75, 3.05) is 0 Å². The van der Waals surface area contributed by atoms with Gasteiger partial charge in [-0.15, -0.1) is 0 Å². The summed E-state index contributed by atoms with van der Waals surface area (Å²) in [6.07, 6.45) is 1.78. The average molecular weight is 196 g/mol. The highest BCUT2D eigenvalue weighted by Gasteiger charge is 2.19. The van der Waals surface area contributed by atoms with Crippen molar-refractivity contribution >= 4 is 5.97 Å². The van der Waals surface area contributed by atoms with Crippen LogP contribution >= 0.6 is 0 Å². The smallest absolute Gasteiger partial charge is 0.305 e. The highest BCUT2D eigenvalue weighted by molar-refractivity contribution is 5.67. The summed E-state index contributed by atoms with van der Waals surface area (Å²) in [4.78, 5) is 14.1. The Morgan fingerprint density at radius 2 is 2.36 bits per heavy atom. The summed E-state index contributed by atoms with van der Waals surface area (Å²) in [5, 5.41) is 18.1. The maximum absolute atomic E-state index is 10.3. The van der Waals surface area contributed by atoms with Crippen LogP contribution in [0.5, 0.6) is 0 Å². The Balaban J connectivity index is 2.65. The Bertz CT molecular complexity index is 302. The Kier molecular flexibility index (Phi) is 3.55.